The molecule has 0 unspecified atom stereocenters. The standard InChI is InChI=1S/C28H46O5/c1-16(2)21-10-7-18(5)13-25(21)32-27(30)23-12-9-20(29)15-24(23)28(31)33-26-14-19(6)8-11-22(26)17(3)4/h9,12,16-26,29H,7-8,10-11,13-15H2,1-6H3/t18-,19-,20-,21+,22+,23+,24+,25-,26-/m0/s1. The maximum absolute atomic E-state index is 13.3. The van der Waals surface area contributed by atoms with Gasteiger partial charge in [-0.2, -0.15) is 0 Å². The van der Waals surface area contributed by atoms with Crippen molar-refractivity contribution in [2.45, 2.75) is 105 Å². The number of rotatable bonds is 6. The summed E-state index contributed by atoms with van der Waals surface area (Å²) in [7, 11) is 0. The van der Waals surface area contributed by atoms with Gasteiger partial charge >= 0.3 is 11.9 Å². The van der Waals surface area contributed by atoms with Gasteiger partial charge in [0.1, 0.15) is 12.2 Å². The van der Waals surface area contributed by atoms with E-state index in [1.165, 1.54) is 0 Å². The third kappa shape index (κ3) is 6.61. The molecule has 0 aromatic heterocycles. The van der Waals surface area contributed by atoms with Crippen LogP contribution < -0.4 is 0 Å². The SMILES string of the molecule is CC(C)[C@H]1CC[C@H](C)C[C@@H]1OC(=O)[C@@H]1C=C[C@H](O)C[C@H]1C(=O)O[C@H]1C[C@@H](C)CC[C@@H]1C(C)C. The maximum atomic E-state index is 13.3. The molecule has 3 rings (SSSR count). The molecule has 188 valence electrons. The Morgan fingerprint density at radius 2 is 1.24 bits per heavy atom. The molecule has 0 spiro atoms. The highest BCUT2D eigenvalue weighted by molar-refractivity contribution is 5.84. The van der Waals surface area contributed by atoms with E-state index in [1.807, 2.05) is 0 Å². The van der Waals surface area contributed by atoms with E-state index < -0.39 is 17.9 Å². The van der Waals surface area contributed by atoms with Crippen molar-refractivity contribution in [3.05, 3.63) is 12.2 Å². The Morgan fingerprint density at radius 1 is 0.758 bits per heavy atom. The smallest absolute Gasteiger partial charge is 0.313 e. The number of aliphatic hydroxyl groups is 1. The Morgan fingerprint density at radius 3 is 1.73 bits per heavy atom. The van der Waals surface area contributed by atoms with Crippen molar-refractivity contribution in [3.63, 3.8) is 0 Å². The Hall–Kier alpha value is -1.36. The minimum atomic E-state index is -0.740. The summed E-state index contributed by atoms with van der Waals surface area (Å²) in [5, 5.41) is 10.2. The number of carbonyl (C=O) groups excluding carboxylic acids is 2. The van der Waals surface area contributed by atoms with Gasteiger partial charge in [0.15, 0.2) is 0 Å². The van der Waals surface area contributed by atoms with E-state index in [-0.39, 0.29) is 30.6 Å². The van der Waals surface area contributed by atoms with Gasteiger partial charge in [-0.1, -0.05) is 66.5 Å². The molecule has 0 radical (unpaired) electrons. The van der Waals surface area contributed by atoms with E-state index in [1.54, 1.807) is 12.2 Å². The largest absolute Gasteiger partial charge is 0.462 e. The zero-order chi connectivity index (χ0) is 24.3. The van der Waals surface area contributed by atoms with Gasteiger partial charge in [0.2, 0.25) is 0 Å². The molecule has 1 N–H and O–H groups in total. The third-order valence-electron chi connectivity index (χ3n) is 8.50. The second-order valence-corrected chi connectivity index (χ2v) is 11.9. The van der Waals surface area contributed by atoms with Crippen LogP contribution in [0.15, 0.2) is 12.2 Å². The first-order chi connectivity index (χ1) is 15.6. The van der Waals surface area contributed by atoms with Crippen molar-refractivity contribution in [1.82, 2.24) is 0 Å². The number of aliphatic hydroxyl groups excluding tert-OH is 1. The number of esters is 2. The Kier molecular flexibility index (Phi) is 9.05. The molecule has 33 heavy (non-hydrogen) atoms. The highest BCUT2D eigenvalue weighted by Crippen LogP contribution is 2.39. The summed E-state index contributed by atoms with van der Waals surface area (Å²) in [4.78, 5) is 26.7. The summed E-state index contributed by atoms with van der Waals surface area (Å²) in [6.45, 7) is 13.2. The minimum absolute atomic E-state index is 0.109. The molecule has 0 heterocycles. The van der Waals surface area contributed by atoms with E-state index in [9.17, 15) is 14.7 Å². The summed E-state index contributed by atoms with van der Waals surface area (Å²) < 4.78 is 12.2. The quantitative estimate of drug-likeness (QED) is 0.414. The van der Waals surface area contributed by atoms with Crippen LogP contribution in [-0.4, -0.2) is 35.4 Å². The van der Waals surface area contributed by atoms with Crippen LogP contribution in [0.5, 0.6) is 0 Å². The Balaban J connectivity index is 1.71. The first-order valence-corrected chi connectivity index (χ1v) is 13.3. The highest BCUT2D eigenvalue weighted by atomic mass is 16.6. The van der Waals surface area contributed by atoms with Crippen LogP contribution in [0.4, 0.5) is 0 Å². The summed E-state index contributed by atoms with van der Waals surface area (Å²) in [6, 6.07) is 0. The molecule has 3 aliphatic rings. The van der Waals surface area contributed by atoms with Crippen LogP contribution in [0.3, 0.4) is 0 Å². The number of ether oxygens (including phenoxy) is 2. The van der Waals surface area contributed by atoms with Gasteiger partial charge in [0.05, 0.1) is 17.9 Å². The lowest BCUT2D eigenvalue weighted by Gasteiger charge is -2.39. The second-order valence-electron chi connectivity index (χ2n) is 11.9. The lowest BCUT2D eigenvalue weighted by atomic mass is 9.75. The highest BCUT2D eigenvalue weighted by Gasteiger charge is 2.43. The number of carbonyl (C=O) groups is 2. The summed E-state index contributed by atoms with van der Waals surface area (Å²) in [5.74, 6) is 0.546. The minimum Gasteiger partial charge on any atom is -0.462 e. The number of hydrogen-bond donors (Lipinski definition) is 1. The fraction of sp³-hybridized carbons (Fsp3) is 0.857. The fourth-order valence-electron chi connectivity index (χ4n) is 6.32. The molecule has 0 bridgehead atoms. The zero-order valence-corrected chi connectivity index (χ0v) is 21.5. The predicted molar refractivity (Wildman–Crippen MR) is 129 cm³/mol. The van der Waals surface area contributed by atoms with E-state index in [4.69, 9.17) is 9.47 Å². The van der Waals surface area contributed by atoms with E-state index in [0.29, 0.717) is 35.5 Å². The van der Waals surface area contributed by atoms with E-state index in [2.05, 4.69) is 41.5 Å². The van der Waals surface area contributed by atoms with Crippen molar-refractivity contribution >= 4 is 11.9 Å². The van der Waals surface area contributed by atoms with Crippen molar-refractivity contribution in [2.24, 2.45) is 47.3 Å². The van der Waals surface area contributed by atoms with Crippen LogP contribution in [-0.2, 0) is 19.1 Å². The van der Waals surface area contributed by atoms with Crippen molar-refractivity contribution in [1.29, 1.82) is 0 Å². The molecule has 0 amide bonds. The predicted octanol–water partition coefficient (Wildman–Crippen LogP) is 5.55. The van der Waals surface area contributed by atoms with Gasteiger partial charge in [-0.3, -0.25) is 9.59 Å². The van der Waals surface area contributed by atoms with Gasteiger partial charge in [-0.05, 0) is 67.6 Å². The average Bonchev–Trinajstić information content (AvgIpc) is 2.73. The lowest BCUT2D eigenvalue weighted by Crippen LogP contribution is -2.43. The molecular formula is C28H46O5. The molecule has 0 aromatic carbocycles. The van der Waals surface area contributed by atoms with Crippen LogP contribution in [0.1, 0.15) is 86.5 Å². The van der Waals surface area contributed by atoms with Crippen molar-refractivity contribution < 1.29 is 24.2 Å². The molecule has 3 aliphatic carbocycles. The Labute approximate surface area is 200 Å². The summed E-state index contributed by atoms with van der Waals surface area (Å²) >= 11 is 0. The Bertz CT molecular complexity index is 698. The zero-order valence-electron chi connectivity index (χ0n) is 21.5. The average molecular weight is 463 g/mol. The second kappa shape index (κ2) is 11.4. The lowest BCUT2D eigenvalue weighted by molar-refractivity contribution is -0.173. The fourth-order valence-corrected chi connectivity index (χ4v) is 6.32. The summed E-state index contributed by atoms with van der Waals surface area (Å²) in [5.41, 5.74) is 0. The monoisotopic (exact) mass is 462 g/mol. The van der Waals surface area contributed by atoms with Gasteiger partial charge < -0.3 is 14.6 Å². The van der Waals surface area contributed by atoms with Crippen LogP contribution in [0.2, 0.25) is 0 Å². The molecule has 0 aromatic rings. The number of hydrogen-bond acceptors (Lipinski definition) is 5. The van der Waals surface area contributed by atoms with Gasteiger partial charge in [0, 0.05) is 0 Å². The molecule has 2 fully saturated rings. The normalized spacial score (nSPS) is 39.5. The van der Waals surface area contributed by atoms with E-state index >= 15 is 0 Å². The van der Waals surface area contributed by atoms with Crippen molar-refractivity contribution in [3.8, 4) is 0 Å². The summed E-state index contributed by atoms with van der Waals surface area (Å²) in [6.07, 6.45) is 8.72. The molecule has 2 saturated carbocycles. The maximum Gasteiger partial charge on any atom is 0.313 e. The molecule has 5 heteroatoms. The van der Waals surface area contributed by atoms with Crippen molar-refractivity contribution in [2.75, 3.05) is 0 Å². The molecule has 0 saturated heterocycles. The van der Waals surface area contributed by atoms with Gasteiger partial charge in [0.25, 0.3) is 0 Å². The van der Waals surface area contributed by atoms with Gasteiger partial charge in [-0.15, -0.1) is 0 Å². The molecule has 9 atom stereocenters. The van der Waals surface area contributed by atoms with Crippen LogP contribution >= 0.6 is 0 Å². The first kappa shape index (κ1) is 26.2. The molecule has 5 nitrogen and oxygen atoms in total. The van der Waals surface area contributed by atoms with Gasteiger partial charge in [-0.25, -0.2) is 0 Å². The third-order valence-corrected chi connectivity index (χ3v) is 8.50. The van der Waals surface area contributed by atoms with E-state index in [0.717, 1.165) is 38.5 Å². The van der Waals surface area contributed by atoms with Crippen LogP contribution in [0, 0.1) is 47.3 Å². The molecule has 0 aliphatic heterocycles. The first-order valence-electron chi connectivity index (χ1n) is 13.3. The molecular weight excluding hydrogens is 416 g/mol. The topological polar surface area (TPSA) is 72.8 Å². The van der Waals surface area contributed by atoms with Crippen LogP contribution in [0.25, 0.3) is 0 Å².